The van der Waals surface area contributed by atoms with Crippen LogP contribution in [0, 0.1) is 6.92 Å². The van der Waals surface area contributed by atoms with Crippen molar-refractivity contribution in [2.75, 3.05) is 33.8 Å². The molecule has 7 heteroatoms. The Labute approximate surface area is 189 Å². The van der Waals surface area contributed by atoms with Crippen LogP contribution in [-0.4, -0.2) is 65.2 Å². The molecule has 2 amide bonds. The van der Waals surface area contributed by atoms with E-state index in [4.69, 9.17) is 9.84 Å². The van der Waals surface area contributed by atoms with E-state index in [2.05, 4.69) is 0 Å². The molecule has 0 spiro atoms. The maximum atomic E-state index is 13.4. The van der Waals surface area contributed by atoms with Gasteiger partial charge in [-0.05, 0) is 45.0 Å². The zero-order chi connectivity index (χ0) is 23.3. The van der Waals surface area contributed by atoms with Gasteiger partial charge in [0.25, 0.3) is 5.91 Å². The minimum absolute atomic E-state index is 0.00771. The highest BCUT2D eigenvalue weighted by atomic mass is 16.5. The fourth-order valence-electron chi connectivity index (χ4n) is 3.50. The average Bonchev–Trinajstić information content (AvgIpc) is 3.25. The summed E-state index contributed by atoms with van der Waals surface area (Å²) in [5.41, 5.74) is 3.72. The molecule has 0 unspecified atom stereocenters. The Morgan fingerprint density at radius 2 is 1.75 bits per heavy atom. The first-order chi connectivity index (χ1) is 15.4. The Kier molecular flexibility index (Phi) is 7.30. The molecule has 0 saturated heterocycles. The second kappa shape index (κ2) is 10.1. The lowest BCUT2D eigenvalue weighted by Gasteiger charge is -2.23. The fourth-order valence-corrected chi connectivity index (χ4v) is 3.50. The summed E-state index contributed by atoms with van der Waals surface area (Å²) < 4.78 is 7.05. The van der Waals surface area contributed by atoms with Crippen LogP contribution >= 0.6 is 0 Å². The van der Waals surface area contributed by atoms with Crippen LogP contribution in [0.1, 0.15) is 29.8 Å². The SMILES string of the molecule is CCN(CC)C(=O)CN(C)C(=O)c1cn(-c2ccc(C)cc2)nc1-c1cccc(OC)c1. The second-order valence-corrected chi connectivity index (χ2v) is 7.63. The topological polar surface area (TPSA) is 67.7 Å². The Bertz CT molecular complexity index is 1080. The number of hydrogen-bond donors (Lipinski definition) is 0. The third kappa shape index (κ3) is 4.99. The minimum atomic E-state index is -0.262. The van der Waals surface area contributed by atoms with Crippen molar-refractivity contribution in [2.24, 2.45) is 0 Å². The maximum absolute atomic E-state index is 13.4. The second-order valence-electron chi connectivity index (χ2n) is 7.63. The number of amides is 2. The molecular formula is C25H30N4O3. The quantitative estimate of drug-likeness (QED) is 0.541. The summed E-state index contributed by atoms with van der Waals surface area (Å²) >= 11 is 0. The highest BCUT2D eigenvalue weighted by molar-refractivity contribution is 6.01. The van der Waals surface area contributed by atoms with Gasteiger partial charge in [0.15, 0.2) is 0 Å². The van der Waals surface area contributed by atoms with Crippen molar-refractivity contribution in [3.63, 3.8) is 0 Å². The van der Waals surface area contributed by atoms with Crippen molar-refractivity contribution in [1.82, 2.24) is 19.6 Å². The normalized spacial score (nSPS) is 10.7. The van der Waals surface area contributed by atoms with E-state index in [1.54, 1.807) is 29.9 Å². The fraction of sp³-hybridized carbons (Fsp3) is 0.320. The van der Waals surface area contributed by atoms with Gasteiger partial charge in [0.1, 0.15) is 11.4 Å². The van der Waals surface area contributed by atoms with E-state index in [0.29, 0.717) is 30.1 Å². The average molecular weight is 435 g/mol. The molecule has 1 heterocycles. The molecule has 0 bridgehead atoms. The summed E-state index contributed by atoms with van der Waals surface area (Å²) in [5.74, 6) is 0.331. The summed E-state index contributed by atoms with van der Waals surface area (Å²) in [6, 6.07) is 15.4. The number of hydrogen-bond acceptors (Lipinski definition) is 4. The van der Waals surface area contributed by atoms with Crippen LogP contribution in [0.2, 0.25) is 0 Å². The predicted octanol–water partition coefficient (Wildman–Crippen LogP) is 3.80. The van der Waals surface area contributed by atoms with Crippen LogP contribution in [0.5, 0.6) is 5.75 Å². The summed E-state index contributed by atoms with van der Waals surface area (Å²) in [5, 5.41) is 4.72. The van der Waals surface area contributed by atoms with Gasteiger partial charge >= 0.3 is 0 Å². The Balaban J connectivity index is 2.01. The highest BCUT2D eigenvalue weighted by Gasteiger charge is 2.24. The summed E-state index contributed by atoms with van der Waals surface area (Å²) in [6.45, 7) is 7.10. The van der Waals surface area contributed by atoms with Crippen molar-refractivity contribution >= 4 is 11.8 Å². The van der Waals surface area contributed by atoms with Crippen molar-refractivity contribution in [2.45, 2.75) is 20.8 Å². The molecule has 0 fully saturated rings. The van der Waals surface area contributed by atoms with E-state index >= 15 is 0 Å². The zero-order valence-corrected chi connectivity index (χ0v) is 19.3. The Hall–Kier alpha value is -3.61. The maximum Gasteiger partial charge on any atom is 0.257 e. The predicted molar refractivity (Wildman–Crippen MR) is 125 cm³/mol. The number of aromatic nitrogens is 2. The lowest BCUT2D eigenvalue weighted by Crippen LogP contribution is -2.41. The first-order valence-electron chi connectivity index (χ1n) is 10.7. The first-order valence-corrected chi connectivity index (χ1v) is 10.7. The van der Waals surface area contributed by atoms with Gasteiger partial charge in [-0.25, -0.2) is 4.68 Å². The van der Waals surface area contributed by atoms with E-state index in [9.17, 15) is 9.59 Å². The number of likely N-dealkylation sites (N-methyl/N-ethyl adjacent to an activating group) is 2. The molecule has 3 aromatic rings. The number of methoxy groups -OCH3 is 1. The van der Waals surface area contributed by atoms with Crippen molar-refractivity contribution in [3.8, 4) is 22.7 Å². The molecule has 0 radical (unpaired) electrons. The number of nitrogens with zero attached hydrogens (tertiary/aromatic N) is 4. The molecule has 0 aliphatic rings. The molecular weight excluding hydrogens is 404 g/mol. The smallest absolute Gasteiger partial charge is 0.257 e. The van der Waals surface area contributed by atoms with Gasteiger partial charge in [-0.15, -0.1) is 0 Å². The molecule has 2 aromatic carbocycles. The van der Waals surface area contributed by atoms with Crippen LogP contribution in [0.25, 0.3) is 16.9 Å². The molecule has 0 aliphatic carbocycles. The molecule has 0 aliphatic heterocycles. The van der Waals surface area contributed by atoms with Crippen molar-refractivity contribution in [1.29, 1.82) is 0 Å². The van der Waals surface area contributed by atoms with E-state index in [-0.39, 0.29) is 18.4 Å². The Morgan fingerprint density at radius 3 is 2.38 bits per heavy atom. The van der Waals surface area contributed by atoms with Gasteiger partial charge < -0.3 is 14.5 Å². The molecule has 0 atom stereocenters. The Morgan fingerprint density at radius 1 is 1.06 bits per heavy atom. The van der Waals surface area contributed by atoms with Crippen LogP contribution in [-0.2, 0) is 4.79 Å². The molecule has 0 saturated carbocycles. The zero-order valence-electron chi connectivity index (χ0n) is 19.3. The summed E-state index contributed by atoms with van der Waals surface area (Å²) in [6.07, 6.45) is 1.72. The first kappa shape index (κ1) is 23.1. The van der Waals surface area contributed by atoms with E-state index in [1.807, 2.05) is 69.3 Å². The van der Waals surface area contributed by atoms with Crippen LogP contribution in [0.15, 0.2) is 54.7 Å². The summed E-state index contributed by atoms with van der Waals surface area (Å²) in [4.78, 5) is 29.1. The summed E-state index contributed by atoms with van der Waals surface area (Å²) in [7, 11) is 3.24. The van der Waals surface area contributed by atoms with E-state index < -0.39 is 0 Å². The minimum Gasteiger partial charge on any atom is -0.497 e. The largest absolute Gasteiger partial charge is 0.497 e. The standard InChI is InChI=1S/C25H30N4O3/c1-6-28(7-2)23(30)17-27(4)25(31)22-16-29(20-13-11-18(3)12-14-20)26-24(22)19-9-8-10-21(15-19)32-5/h8-16H,6-7,17H2,1-5H3. The number of ether oxygens (including phenoxy) is 1. The third-order valence-electron chi connectivity index (χ3n) is 5.42. The number of carbonyl (C=O) groups is 2. The number of rotatable bonds is 8. The van der Waals surface area contributed by atoms with Crippen molar-refractivity contribution < 1.29 is 14.3 Å². The van der Waals surface area contributed by atoms with Crippen LogP contribution in [0.4, 0.5) is 0 Å². The molecule has 1 aromatic heterocycles. The molecule has 32 heavy (non-hydrogen) atoms. The van der Waals surface area contributed by atoms with Crippen LogP contribution in [0.3, 0.4) is 0 Å². The molecule has 168 valence electrons. The highest BCUT2D eigenvalue weighted by Crippen LogP contribution is 2.28. The van der Waals surface area contributed by atoms with Gasteiger partial charge in [-0.2, -0.15) is 5.10 Å². The lowest BCUT2D eigenvalue weighted by atomic mass is 10.1. The monoisotopic (exact) mass is 434 g/mol. The van der Waals surface area contributed by atoms with Gasteiger partial charge in [0.2, 0.25) is 5.91 Å². The van der Waals surface area contributed by atoms with Gasteiger partial charge in [0, 0.05) is 31.9 Å². The molecule has 7 nitrogen and oxygen atoms in total. The van der Waals surface area contributed by atoms with E-state index in [1.165, 1.54) is 4.90 Å². The van der Waals surface area contributed by atoms with Gasteiger partial charge in [0.05, 0.1) is 24.9 Å². The number of aryl methyl sites for hydroxylation is 1. The van der Waals surface area contributed by atoms with Gasteiger partial charge in [-0.3, -0.25) is 9.59 Å². The number of carbonyl (C=O) groups excluding carboxylic acids is 2. The molecule has 3 rings (SSSR count). The third-order valence-corrected chi connectivity index (χ3v) is 5.42. The lowest BCUT2D eigenvalue weighted by molar-refractivity contribution is -0.131. The van der Waals surface area contributed by atoms with Crippen LogP contribution < -0.4 is 4.74 Å². The van der Waals surface area contributed by atoms with Gasteiger partial charge in [-0.1, -0.05) is 29.8 Å². The van der Waals surface area contributed by atoms with E-state index in [0.717, 1.165) is 16.8 Å². The number of benzene rings is 2. The van der Waals surface area contributed by atoms with Crippen molar-refractivity contribution in [3.05, 3.63) is 65.9 Å². The molecule has 0 N–H and O–H groups in total.